The number of carbonyl (C=O) groups is 1. The molecule has 8 heteroatoms. The lowest BCUT2D eigenvalue weighted by Crippen LogP contribution is -2.12. The molecule has 26 heavy (non-hydrogen) atoms. The van der Waals surface area contributed by atoms with Crippen molar-refractivity contribution in [2.75, 3.05) is 5.32 Å². The molecule has 0 unspecified atom stereocenters. The van der Waals surface area contributed by atoms with E-state index in [9.17, 15) is 13.6 Å². The zero-order chi connectivity index (χ0) is 18.3. The Hall–Kier alpha value is -3.19. The summed E-state index contributed by atoms with van der Waals surface area (Å²) in [5.41, 5.74) is 2.25. The second-order valence-corrected chi connectivity index (χ2v) is 6.08. The van der Waals surface area contributed by atoms with Gasteiger partial charge in [0, 0.05) is 28.2 Å². The topological polar surface area (TPSA) is 73.6 Å². The lowest BCUT2D eigenvalue weighted by molar-refractivity contribution is 0.102. The molecule has 0 aliphatic rings. The third-order valence-corrected chi connectivity index (χ3v) is 4.15. The zero-order valence-corrected chi connectivity index (χ0v) is 13.9. The number of halogens is 3. The number of aromatic amines is 2. The fourth-order valence-electron chi connectivity index (χ4n) is 2.64. The number of rotatable bonds is 3. The first-order valence-corrected chi connectivity index (χ1v) is 7.98. The van der Waals surface area contributed by atoms with E-state index in [1.807, 2.05) is 6.07 Å². The number of carbonyl (C=O) groups excluding carboxylic acids is 1. The predicted molar refractivity (Wildman–Crippen MR) is 95.2 cm³/mol. The van der Waals surface area contributed by atoms with Crippen LogP contribution in [-0.2, 0) is 0 Å². The fourth-order valence-corrected chi connectivity index (χ4v) is 2.83. The number of H-pyrrole nitrogens is 2. The van der Waals surface area contributed by atoms with E-state index in [-0.39, 0.29) is 5.69 Å². The van der Waals surface area contributed by atoms with Crippen LogP contribution in [0, 0.1) is 11.6 Å². The van der Waals surface area contributed by atoms with E-state index in [1.54, 1.807) is 24.3 Å². The van der Waals surface area contributed by atoms with Crippen LogP contribution in [0.2, 0.25) is 5.02 Å². The molecule has 3 N–H and O–H groups in total. The first-order valence-electron chi connectivity index (χ1n) is 7.60. The third kappa shape index (κ3) is 2.93. The Kier molecular flexibility index (Phi) is 3.93. The summed E-state index contributed by atoms with van der Waals surface area (Å²) in [5, 5.41) is 10.3. The fraction of sp³-hybridized carbons (Fsp3) is 0. The second kappa shape index (κ2) is 6.27. The molecule has 0 aliphatic carbocycles. The summed E-state index contributed by atoms with van der Waals surface area (Å²) < 4.78 is 26.7. The number of nitrogens with zero attached hydrogens (tertiary/aromatic N) is 1. The minimum Gasteiger partial charge on any atom is -0.359 e. The zero-order valence-electron chi connectivity index (χ0n) is 13.1. The van der Waals surface area contributed by atoms with Gasteiger partial charge in [-0.1, -0.05) is 23.7 Å². The third-order valence-electron chi connectivity index (χ3n) is 3.91. The van der Waals surface area contributed by atoms with Crippen molar-refractivity contribution in [3.05, 3.63) is 71.0 Å². The van der Waals surface area contributed by atoms with Gasteiger partial charge in [-0.3, -0.25) is 9.89 Å². The SMILES string of the molecule is O=C(Nc1c[nH]c2cc(F)c(F)cc12)c1cc(-c2cccc(Cl)c2)n[nH]1. The van der Waals surface area contributed by atoms with Crippen LogP contribution in [0.1, 0.15) is 10.5 Å². The van der Waals surface area contributed by atoms with Crippen LogP contribution < -0.4 is 5.32 Å². The van der Waals surface area contributed by atoms with Gasteiger partial charge in [0.15, 0.2) is 11.6 Å². The Balaban J connectivity index is 1.60. The molecule has 0 saturated carbocycles. The Labute approximate surface area is 151 Å². The molecular weight excluding hydrogens is 362 g/mol. The molecule has 0 radical (unpaired) electrons. The average molecular weight is 373 g/mol. The van der Waals surface area contributed by atoms with Crippen molar-refractivity contribution in [2.24, 2.45) is 0 Å². The molecular formula is C18H11ClF2N4O. The van der Waals surface area contributed by atoms with Crippen LogP contribution in [-0.4, -0.2) is 21.1 Å². The molecule has 2 aromatic heterocycles. The van der Waals surface area contributed by atoms with Gasteiger partial charge in [-0.05, 0) is 24.3 Å². The Morgan fingerprint density at radius 2 is 1.92 bits per heavy atom. The maximum atomic E-state index is 13.5. The van der Waals surface area contributed by atoms with E-state index in [4.69, 9.17) is 11.6 Å². The highest BCUT2D eigenvalue weighted by atomic mass is 35.5. The quantitative estimate of drug-likeness (QED) is 0.486. The van der Waals surface area contributed by atoms with E-state index >= 15 is 0 Å². The maximum Gasteiger partial charge on any atom is 0.273 e. The molecule has 0 fully saturated rings. The van der Waals surface area contributed by atoms with Crippen LogP contribution in [0.3, 0.4) is 0 Å². The molecule has 0 atom stereocenters. The standard InChI is InChI=1S/C18H11ClF2N4O/c19-10-3-1-2-9(4-10)14-7-16(25-24-14)18(26)23-17-8-22-15-6-13(21)12(20)5-11(15)17/h1-8,22H,(H,23,26)(H,24,25). The second-order valence-electron chi connectivity index (χ2n) is 5.65. The molecule has 2 heterocycles. The summed E-state index contributed by atoms with van der Waals surface area (Å²) in [6, 6.07) is 10.7. The van der Waals surface area contributed by atoms with Crippen molar-refractivity contribution >= 4 is 34.1 Å². The number of benzene rings is 2. The largest absolute Gasteiger partial charge is 0.359 e. The van der Waals surface area contributed by atoms with Crippen molar-refractivity contribution in [2.45, 2.75) is 0 Å². The normalized spacial score (nSPS) is 11.0. The number of hydrogen-bond donors (Lipinski definition) is 3. The van der Waals surface area contributed by atoms with Gasteiger partial charge in [-0.25, -0.2) is 8.78 Å². The number of nitrogens with one attached hydrogen (secondary N) is 3. The minimum absolute atomic E-state index is 0.219. The molecule has 130 valence electrons. The molecule has 0 bridgehead atoms. The van der Waals surface area contributed by atoms with Gasteiger partial charge in [0.05, 0.1) is 16.9 Å². The van der Waals surface area contributed by atoms with Crippen molar-refractivity contribution < 1.29 is 13.6 Å². The molecule has 2 aromatic carbocycles. The lowest BCUT2D eigenvalue weighted by atomic mass is 10.1. The Bertz CT molecular complexity index is 1140. The van der Waals surface area contributed by atoms with Crippen molar-refractivity contribution in [3.63, 3.8) is 0 Å². The molecule has 1 amide bonds. The lowest BCUT2D eigenvalue weighted by Gasteiger charge is -2.02. The molecule has 0 saturated heterocycles. The predicted octanol–water partition coefficient (Wildman–Crippen LogP) is 4.74. The van der Waals surface area contributed by atoms with E-state index in [0.29, 0.717) is 27.3 Å². The summed E-state index contributed by atoms with van der Waals surface area (Å²) in [4.78, 5) is 15.2. The highest BCUT2D eigenvalue weighted by molar-refractivity contribution is 6.30. The molecule has 5 nitrogen and oxygen atoms in total. The first kappa shape index (κ1) is 16.3. The minimum atomic E-state index is -0.989. The highest BCUT2D eigenvalue weighted by Gasteiger charge is 2.15. The molecule has 4 aromatic rings. The number of hydrogen-bond acceptors (Lipinski definition) is 2. The van der Waals surface area contributed by atoms with Crippen LogP contribution in [0.4, 0.5) is 14.5 Å². The van der Waals surface area contributed by atoms with Crippen LogP contribution >= 0.6 is 11.6 Å². The van der Waals surface area contributed by atoms with E-state index in [2.05, 4.69) is 20.5 Å². The smallest absolute Gasteiger partial charge is 0.273 e. The number of fused-ring (bicyclic) bond motifs is 1. The Morgan fingerprint density at radius 1 is 1.12 bits per heavy atom. The van der Waals surface area contributed by atoms with Crippen LogP contribution in [0.5, 0.6) is 0 Å². The monoisotopic (exact) mass is 372 g/mol. The number of aromatic nitrogens is 3. The summed E-state index contributed by atoms with van der Waals surface area (Å²) in [5.74, 6) is -2.41. The average Bonchev–Trinajstić information content (AvgIpc) is 3.24. The van der Waals surface area contributed by atoms with Gasteiger partial charge < -0.3 is 10.3 Å². The van der Waals surface area contributed by atoms with Gasteiger partial charge in [0.2, 0.25) is 0 Å². The summed E-state index contributed by atoms with van der Waals surface area (Å²) in [6.45, 7) is 0. The van der Waals surface area contributed by atoms with Crippen molar-refractivity contribution in [1.82, 2.24) is 15.2 Å². The molecule has 0 aliphatic heterocycles. The van der Waals surface area contributed by atoms with Gasteiger partial charge in [0.1, 0.15) is 5.69 Å². The van der Waals surface area contributed by atoms with Gasteiger partial charge in [-0.15, -0.1) is 0 Å². The van der Waals surface area contributed by atoms with E-state index < -0.39 is 17.5 Å². The van der Waals surface area contributed by atoms with Crippen molar-refractivity contribution in [3.8, 4) is 11.3 Å². The first-order chi connectivity index (χ1) is 12.5. The van der Waals surface area contributed by atoms with Crippen LogP contribution in [0.25, 0.3) is 22.2 Å². The maximum absolute atomic E-state index is 13.5. The summed E-state index contributed by atoms with van der Waals surface area (Å²) in [6.07, 6.45) is 1.47. The Morgan fingerprint density at radius 3 is 2.73 bits per heavy atom. The van der Waals surface area contributed by atoms with E-state index in [0.717, 1.165) is 17.7 Å². The summed E-state index contributed by atoms with van der Waals surface area (Å²) in [7, 11) is 0. The number of amides is 1. The highest BCUT2D eigenvalue weighted by Crippen LogP contribution is 2.26. The van der Waals surface area contributed by atoms with Gasteiger partial charge in [-0.2, -0.15) is 5.10 Å². The molecule has 4 rings (SSSR count). The van der Waals surface area contributed by atoms with Gasteiger partial charge >= 0.3 is 0 Å². The van der Waals surface area contributed by atoms with Gasteiger partial charge in [0.25, 0.3) is 5.91 Å². The van der Waals surface area contributed by atoms with Crippen LogP contribution in [0.15, 0.2) is 48.7 Å². The summed E-state index contributed by atoms with van der Waals surface area (Å²) >= 11 is 5.96. The van der Waals surface area contributed by atoms with E-state index in [1.165, 1.54) is 6.20 Å². The molecule has 0 spiro atoms. The van der Waals surface area contributed by atoms with Crippen molar-refractivity contribution in [1.29, 1.82) is 0 Å². The number of anilines is 1.